The first kappa shape index (κ1) is 40.3. The fraction of sp³-hybridized carbons (Fsp3) is 0.167. The molecular formula is C42H36Cl2N4O6S2. The molecule has 0 bridgehead atoms. The van der Waals surface area contributed by atoms with Crippen molar-refractivity contribution in [2.24, 2.45) is 0 Å². The van der Waals surface area contributed by atoms with Gasteiger partial charge in [0.2, 0.25) is 11.8 Å². The highest BCUT2D eigenvalue weighted by atomic mass is 35.5. The number of carbonyl (C=O) groups excluding carboxylic acids is 5. The van der Waals surface area contributed by atoms with Crippen LogP contribution < -0.4 is 16.0 Å². The van der Waals surface area contributed by atoms with Crippen molar-refractivity contribution in [2.45, 2.75) is 37.0 Å². The zero-order chi connectivity index (χ0) is 39.8. The second kappa shape index (κ2) is 18.5. The number of nitrogens with zero attached hydrogens (tertiary/aromatic N) is 1. The molecule has 0 saturated carbocycles. The van der Waals surface area contributed by atoms with Crippen molar-refractivity contribution >= 4 is 92.7 Å². The first-order valence-electron chi connectivity index (χ1n) is 17.5. The second-order valence-electron chi connectivity index (χ2n) is 12.5. The third-order valence-electron chi connectivity index (χ3n) is 8.70. The van der Waals surface area contributed by atoms with Gasteiger partial charge in [0.15, 0.2) is 0 Å². The van der Waals surface area contributed by atoms with E-state index < -0.39 is 23.0 Å². The van der Waals surface area contributed by atoms with Gasteiger partial charge in [-0.15, -0.1) is 23.1 Å². The molecule has 4 aromatic carbocycles. The molecule has 1 aliphatic rings. The van der Waals surface area contributed by atoms with E-state index in [0.29, 0.717) is 62.4 Å². The molecule has 3 N–H and O–H groups in total. The lowest BCUT2D eigenvalue weighted by Crippen LogP contribution is -2.34. The Labute approximate surface area is 342 Å². The normalized spacial score (nSPS) is 12.9. The summed E-state index contributed by atoms with van der Waals surface area (Å²) in [5.74, 6) is -2.09. The number of thioether (sulfide) groups is 1. The molecule has 6 rings (SSSR count). The molecule has 1 atom stereocenters. The molecule has 1 aliphatic heterocycles. The van der Waals surface area contributed by atoms with Crippen LogP contribution in [0.3, 0.4) is 0 Å². The van der Waals surface area contributed by atoms with Crippen LogP contribution in [0.4, 0.5) is 10.7 Å². The molecular weight excluding hydrogens is 792 g/mol. The van der Waals surface area contributed by atoms with Gasteiger partial charge in [-0.1, -0.05) is 83.9 Å². The van der Waals surface area contributed by atoms with Crippen molar-refractivity contribution in [3.05, 3.63) is 152 Å². The van der Waals surface area contributed by atoms with Gasteiger partial charge in [-0.2, -0.15) is 0 Å². The van der Waals surface area contributed by atoms with Gasteiger partial charge in [-0.3, -0.25) is 19.2 Å². The van der Waals surface area contributed by atoms with E-state index in [1.807, 2.05) is 36.4 Å². The van der Waals surface area contributed by atoms with Gasteiger partial charge in [0, 0.05) is 44.5 Å². The molecule has 4 amide bonds. The molecule has 1 unspecified atom stereocenters. The number of rotatable bonds is 12. The number of hydrogen-bond donors (Lipinski definition) is 3. The fourth-order valence-electron chi connectivity index (χ4n) is 5.96. The number of hydrogen-bond acceptors (Lipinski definition) is 8. The number of amides is 4. The monoisotopic (exact) mass is 826 g/mol. The number of fused-ring (bicyclic) bond motifs is 1. The summed E-state index contributed by atoms with van der Waals surface area (Å²) >= 11 is 15.0. The van der Waals surface area contributed by atoms with Gasteiger partial charge in [0.25, 0.3) is 11.8 Å². The van der Waals surface area contributed by atoms with E-state index in [4.69, 9.17) is 27.9 Å². The highest BCUT2D eigenvalue weighted by molar-refractivity contribution is 8.00. The van der Waals surface area contributed by atoms with Crippen LogP contribution >= 0.6 is 46.3 Å². The summed E-state index contributed by atoms with van der Waals surface area (Å²) in [5, 5.41) is 8.87. The van der Waals surface area contributed by atoms with Crippen LogP contribution in [0.15, 0.2) is 114 Å². The largest absolute Gasteiger partial charge is 0.462 e. The molecule has 0 aliphatic carbocycles. The van der Waals surface area contributed by atoms with Gasteiger partial charge in [0.05, 0.1) is 18.7 Å². The highest BCUT2D eigenvalue weighted by Crippen LogP contribution is 2.41. The van der Waals surface area contributed by atoms with E-state index in [1.54, 1.807) is 72.5 Å². The molecule has 10 nitrogen and oxygen atoms in total. The predicted octanol–water partition coefficient (Wildman–Crippen LogP) is 9.02. The SMILES string of the molecule is CCOC(=O)c1c(NC(=O)C(Sc2cccc(NC(=O)/C(=C\c3ccc(Cl)cc3Cl)NC(=O)c3ccccc3)c2)c2ccccc2)sc2c1CCN(C(C)=O)C2. The summed E-state index contributed by atoms with van der Waals surface area (Å²) in [4.78, 5) is 69.8. The summed E-state index contributed by atoms with van der Waals surface area (Å²) in [6, 6.07) is 29.5. The molecule has 286 valence electrons. The summed E-state index contributed by atoms with van der Waals surface area (Å²) in [5.41, 5.74) is 2.95. The third kappa shape index (κ3) is 9.87. The predicted molar refractivity (Wildman–Crippen MR) is 222 cm³/mol. The zero-order valence-corrected chi connectivity index (χ0v) is 33.4. The molecule has 0 radical (unpaired) electrons. The summed E-state index contributed by atoms with van der Waals surface area (Å²) < 4.78 is 5.40. The Hall–Kier alpha value is -5.40. The van der Waals surface area contributed by atoms with Gasteiger partial charge in [-0.05, 0) is 78.6 Å². The fourth-order valence-corrected chi connectivity index (χ4v) is 8.76. The van der Waals surface area contributed by atoms with Crippen LogP contribution in [0.2, 0.25) is 10.0 Å². The lowest BCUT2D eigenvalue weighted by atomic mass is 10.0. The number of thiophene rings is 1. The topological polar surface area (TPSA) is 134 Å². The summed E-state index contributed by atoms with van der Waals surface area (Å²) in [6.07, 6.45) is 1.93. The van der Waals surface area contributed by atoms with Gasteiger partial charge in [-0.25, -0.2) is 4.79 Å². The number of benzene rings is 4. The molecule has 2 heterocycles. The number of ether oxygens (including phenoxy) is 1. The minimum Gasteiger partial charge on any atom is -0.462 e. The zero-order valence-electron chi connectivity index (χ0n) is 30.3. The first-order valence-corrected chi connectivity index (χ1v) is 20.0. The smallest absolute Gasteiger partial charge is 0.341 e. The first-order chi connectivity index (χ1) is 27.0. The van der Waals surface area contributed by atoms with Crippen LogP contribution in [0.1, 0.15) is 61.4 Å². The Balaban J connectivity index is 1.26. The van der Waals surface area contributed by atoms with Crippen LogP contribution in [0.25, 0.3) is 6.08 Å². The maximum atomic E-state index is 14.3. The van der Waals surface area contributed by atoms with Crippen LogP contribution in [-0.4, -0.2) is 47.6 Å². The lowest BCUT2D eigenvalue weighted by Gasteiger charge is -2.25. The second-order valence-corrected chi connectivity index (χ2v) is 15.7. The van der Waals surface area contributed by atoms with Crippen molar-refractivity contribution in [2.75, 3.05) is 23.8 Å². The Morgan fingerprint density at radius 2 is 1.64 bits per heavy atom. The number of nitrogens with one attached hydrogen (secondary N) is 3. The van der Waals surface area contributed by atoms with E-state index in [2.05, 4.69) is 16.0 Å². The van der Waals surface area contributed by atoms with E-state index >= 15 is 0 Å². The molecule has 1 aromatic heterocycles. The van der Waals surface area contributed by atoms with E-state index in [0.717, 1.165) is 10.4 Å². The maximum Gasteiger partial charge on any atom is 0.341 e. The van der Waals surface area contributed by atoms with Gasteiger partial charge >= 0.3 is 5.97 Å². The van der Waals surface area contributed by atoms with Crippen molar-refractivity contribution in [1.82, 2.24) is 10.2 Å². The molecule has 0 saturated heterocycles. The maximum absolute atomic E-state index is 14.3. The van der Waals surface area contributed by atoms with E-state index in [1.165, 1.54) is 42.2 Å². The average molecular weight is 828 g/mol. The molecule has 0 fully saturated rings. The molecule has 56 heavy (non-hydrogen) atoms. The number of esters is 1. The highest BCUT2D eigenvalue weighted by Gasteiger charge is 2.32. The number of anilines is 2. The van der Waals surface area contributed by atoms with E-state index in [-0.39, 0.29) is 29.1 Å². The van der Waals surface area contributed by atoms with Crippen LogP contribution in [0, 0.1) is 0 Å². The Bertz CT molecular complexity index is 2320. The Morgan fingerprint density at radius 1 is 0.911 bits per heavy atom. The van der Waals surface area contributed by atoms with Crippen LogP contribution in [0.5, 0.6) is 0 Å². The third-order valence-corrected chi connectivity index (χ3v) is 11.6. The number of halogens is 2. The molecule has 0 spiro atoms. The molecule has 5 aromatic rings. The van der Waals surface area contributed by atoms with Crippen molar-refractivity contribution in [3.8, 4) is 0 Å². The van der Waals surface area contributed by atoms with Crippen LogP contribution in [-0.2, 0) is 32.1 Å². The van der Waals surface area contributed by atoms with Crippen molar-refractivity contribution in [3.63, 3.8) is 0 Å². The lowest BCUT2D eigenvalue weighted by molar-refractivity contribution is -0.129. The quantitative estimate of drug-likeness (QED) is 0.0650. The Morgan fingerprint density at radius 3 is 2.34 bits per heavy atom. The standard InChI is InChI=1S/C42H36Cl2N4O6S2/c1-3-54-42(53)36-32-19-20-48(25(2)49)24-35(32)56-41(36)47-40(52)37(26-11-6-4-7-12-26)55-31-16-10-15-30(23-31)45-39(51)34(21-28-17-18-29(43)22-33(28)44)46-38(50)27-13-8-5-9-14-27/h4-18,21-23,37H,3,19-20,24H2,1-2H3,(H,45,51)(H,46,50)(H,47,52)/b34-21+. The minimum atomic E-state index is -0.780. The molecule has 14 heteroatoms. The number of carbonyl (C=O) groups is 5. The average Bonchev–Trinajstić information content (AvgIpc) is 3.55. The minimum absolute atomic E-state index is 0.0647. The van der Waals surface area contributed by atoms with Crippen molar-refractivity contribution in [1.29, 1.82) is 0 Å². The van der Waals surface area contributed by atoms with Crippen molar-refractivity contribution < 1.29 is 28.7 Å². The summed E-state index contributed by atoms with van der Waals surface area (Å²) in [7, 11) is 0. The van der Waals surface area contributed by atoms with Gasteiger partial charge in [0.1, 0.15) is 15.9 Å². The summed E-state index contributed by atoms with van der Waals surface area (Å²) in [6.45, 7) is 4.19. The Kier molecular flexibility index (Phi) is 13.3. The van der Waals surface area contributed by atoms with E-state index in [9.17, 15) is 24.0 Å². The van der Waals surface area contributed by atoms with Gasteiger partial charge < -0.3 is 25.6 Å².